The Morgan fingerprint density at radius 3 is 1.34 bits per heavy atom. The Bertz CT molecular complexity index is 956. The first-order valence-electron chi connectivity index (χ1n) is 12.8. The number of ether oxygens (including phenoxy) is 2. The molecule has 2 fully saturated rings. The number of rotatable bonds is 11. The molecule has 38 heavy (non-hydrogen) atoms. The molecule has 2 aliphatic heterocycles. The zero-order valence-corrected chi connectivity index (χ0v) is 25.8. The van der Waals surface area contributed by atoms with Gasteiger partial charge in [0.1, 0.15) is 0 Å². The van der Waals surface area contributed by atoms with E-state index in [9.17, 15) is 0 Å². The molecular formula is C22H36N10O2S4. The molecule has 210 valence electrons. The maximum atomic E-state index is 5.87. The number of morpholine rings is 2. The first-order chi connectivity index (χ1) is 18.3. The third-order valence-corrected chi connectivity index (χ3v) is 11.1. The van der Waals surface area contributed by atoms with E-state index >= 15 is 0 Å². The van der Waals surface area contributed by atoms with Gasteiger partial charge in [-0.05, 0) is 82.8 Å². The van der Waals surface area contributed by atoms with Crippen molar-refractivity contribution in [1.82, 2.24) is 29.9 Å². The summed E-state index contributed by atoms with van der Waals surface area (Å²) in [7, 11) is 6.11. The van der Waals surface area contributed by atoms with Crippen LogP contribution in [0.2, 0.25) is 0 Å². The zero-order valence-electron chi connectivity index (χ0n) is 22.6. The van der Waals surface area contributed by atoms with Crippen molar-refractivity contribution in [2.45, 2.75) is 76.3 Å². The Kier molecular flexibility index (Phi) is 11.1. The molecule has 0 spiro atoms. The van der Waals surface area contributed by atoms with Gasteiger partial charge < -0.3 is 29.9 Å². The summed E-state index contributed by atoms with van der Waals surface area (Å²) in [4.78, 5) is 32.3. The molecule has 0 radical (unpaired) electrons. The minimum atomic E-state index is 0.122. The monoisotopic (exact) mass is 600 g/mol. The minimum absolute atomic E-state index is 0.122. The number of anilines is 4. The normalized spacial score (nSPS) is 23.9. The van der Waals surface area contributed by atoms with E-state index in [1.807, 2.05) is 13.8 Å². The summed E-state index contributed by atoms with van der Waals surface area (Å²) in [6.07, 6.45) is 0.488. The molecule has 16 heteroatoms. The lowest BCUT2D eigenvalue weighted by molar-refractivity contribution is -0.00601. The topological polar surface area (TPSA) is 126 Å². The lowest BCUT2D eigenvalue weighted by Crippen LogP contribution is -2.46. The smallest absolute Gasteiger partial charge is 0.231 e. The molecule has 2 aliphatic rings. The van der Waals surface area contributed by atoms with Gasteiger partial charge in [-0.2, -0.15) is 29.9 Å². The molecule has 0 bridgehead atoms. The van der Waals surface area contributed by atoms with E-state index in [4.69, 9.17) is 19.4 Å². The first-order valence-corrected chi connectivity index (χ1v) is 17.6. The van der Waals surface area contributed by atoms with Crippen LogP contribution in [-0.2, 0) is 9.47 Å². The van der Waals surface area contributed by atoms with Crippen molar-refractivity contribution in [3.63, 3.8) is 0 Å². The van der Waals surface area contributed by atoms with Gasteiger partial charge in [-0.15, -0.1) is 0 Å². The maximum absolute atomic E-state index is 5.87. The molecule has 2 aromatic rings. The molecule has 12 nitrogen and oxygen atoms in total. The molecule has 4 atom stereocenters. The molecule has 0 saturated carbocycles. The lowest BCUT2D eigenvalue weighted by atomic mass is 10.2. The van der Waals surface area contributed by atoms with Gasteiger partial charge >= 0.3 is 0 Å². The van der Waals surface area contributed by atoms with Crippen molar-refractivity contribution >= 4 is 65.0 Å². The molecule has 0 aliphatic carbocycles. The van der Waals surface area contributed by atoms with Crippen LogP contribution in [0.15, 0.2) is 10.3 Å². The summed E-state index contributed by atoms with van der Waals surface area (Å²) < 4.78 is 11.7. The van der Waals surface area contributed by atoms with Gasteiger partial charge in [-0.3, -0.25) is 0 Å². The summed E-state index contributed by atoms with van der Waals surface area (Å²) >= 11 is 0. The SMILES string of the molecule is CCNc1nc(SSSSc2nc(NCC)nc(N3CC(C)OC(C)C3)n2)nc(N2CC(C)OC(C)C2)n1. The molecule has 0 aromatic carbocycles. The van der Waals surface area contributed by atoms with Crippen molar-refractivity contribution in [2.75, 3.05) is 59.7 Å². The third-order valence-electron chi connectivity index (χ3n) is 5.53. The average molecular weight is 601 g/mol. The fourth-order valence-corrected chi connectivity index (χ4v) is 9.03. The molecule has 0 amide bonds. The number of hydrogen-bond acceptors (Lipinski definition) is 16. The highest BCUT2D eigenvalue weighted by Crippen LogP contribution is 2.48. The highest BCUT2D eigenvalue weighted by molar-refractivity contribution is 9.26. The van der Waals surface area contributed by atoms with E-state index in [0.717, 1.165) is 39.3 Å². The second kappa shape index (κ2) is 14.3. The highest BCUT2D eigenvalue weighted by Gasteiger charge is 2.26. The molecule has 4 rings (SSSR count). The predicted molar refractivity (Wildman–Crippen MR) is 159 cm³/mol. The second-order valence-corrected chi connectivity index (χ2v) is 14.8. The molecule has 4 heterocycles. The fraction of sp³-hybridized carbons (Fsp3) is 0.727. The molecular weight excluding hydrogens is 565 g/mol. The van der Waals surface area contributed by atoms with Crippen molar-refractivity contribution in [3.05, 3.63) is 0 Å². The Balaban J connectivity index is 1.40. The van der Waals surface area contributed by atoms with Gasteiger partial charge in [0.15, 0.2) is 0 Å². The first kappa shape index (κ1) is 29.5. The van der Waals surface area contributed by atoms with Crippen LogP contribution in [0, 0.1) is 0 Å². The quantitative estimate of drug-likeness (QED) is 0.282. The lowest BCUT2D eigenvalue weighted by Gasteiger charge is -2.35. The van der Waals surface area contributed by atoms with Crippen LogP contribution in [0.5, 0.6) is 0 Å². The number of nitrogens with zero attached hydrogens (tertiary/aromatic N) is 8. The van der Waals surface area contributed by atoms with Crippen LogP contribution in [0.4, 0.5) is 23.8 Å². The molecule has 2 N–H and O–H groups in total. The highest BCUT2D eigenvalue weighted by atomic mass is 33.7. The van der Waals surface area contributed by atoms with E-state index in [1.165, 1.54) is 21.6 Å². The maximum Gasteiger partial charge on any atom is 0.231 e. The molecule has 4 unspecified atom stereocenters. The van der Waals surface area contributed by atoms with Crippen molar-refractivity contribution < 1.29 is 9.47 Å². The van der Waals surface area contributed by atoms with Crippen LogP contribution >= 0.6 is 41.2 Å². The third kappa shape index (κ3) is 8.52. The van der Waals surface area contributed by atoms with Gasteiger partial charge in [0.05, 0.1) is 24.4 Å². The Morgan fingerprint density at radius 1 is 0.632 bits per heavy atom. The number of nitrogens with one attached hydrogen (secondary N) is 2. The average Bonchev–Trinajstić information content (AvgIpc) is 2.86. The van der Waals surface area contributed by atoms with Gasteiger partial charge in [-0.25, -0.2) is 0 Å². The fourth-order valence-electron chi connectivity index (χ4n) is 4.29. The second-order valence-electron chi connectivity index (χ2n) is 9.17. The number of aromatic nitrogens is 6. The standard InChI is InChI=1S/C22H36N10O2S4/c1-7-23-17-25-19(31-9-13(3)33-14(4)10-31)29-21(27-17)35-37-38-36-22-28-18(24-8-2)26-20(30-22)32-11-15(5)34-16(6)12-32/h13-16H,7-12H2,1-6H3,(H,23,25,27,29)(H,24,26,28,30). The Morgan fingerprint density at radius 2 is 1.00 bits per heavy atom. The van der Waals surface area contributed by atoms with Crippen LogP contribution in [-0.4, -0.2) is 93.6 Å². The summed E-state index contributed by atoms with van der Waals surface area (Å²) in [6.45, 7) is 16.8. The van der Waals surface area contributed by atoms with Crippen LogP contribution in [0.1, 0.15) is 41.5 Å². The largest absolute Gasteiger partial charge is 0.372 e. The van der Waals surface area contributed by atoms with Gasteiger partial charge in [0, 0.05) is 39.3 Å². The summed E-state index contributed by atoms with van der Waals surface area (Å²) in [5.41, 5.74) is 0. The summed E-state index contributed by atoms with van der Waals surface area (Å²) in [5.74, 6) is 2.50. The van der Waals surface area contributed by atoms with Crippen LogP contribution < -0.4 is 20.4 Å². The van der Waals surface area contributed by atoms with E-state index in [1.54, 1.807) is 19.7 Å². The summed E-state index contributed by atoms with van der Waals surface area (Å²) in [5, 5.41) is 7.75. The number of hydrogen-bond donors (Lipinski definition) is 2. The molecule has 2 aromatic heterocycles. The Hall–Kier alpha value is -1.46. The summed E-state index contributed by atoms with van der Waals surface area (Å²) in [6, 6.07) is 0. The minimum Gasteiger partial charge on any atom is -0.372 e. The van der Waals surface area contributed by atoms with Gasteiger partial charge in [0.2, 0.25) is 34.1 Å². The van der Waals surface area contributed by atoms with Crippen molar-refractivity contribution in [2.24, 2.45) is 0 Å². The van der Waals surface area contributed by atoms with Crippen molar-refractivity contribution in [3.8, 4) is 0 Å². The van der Waals surface area contributed by atoms with Crippen LogP contribution in [0.3, 0.4) is 0 Å². The van der Waals surface area contributed by atoms with Gasteiger partial charge in [0.25, 0.3) is 0 Å². The molecule has 2 saturated heterocycles. The van der Waals surface area contributed by atoms with E-state index in [2.05, 4.69) is 68.1 Å². The zero-order chi connectivity index (χ0) is 27.1. The van der Waals surface area contributed by atoms with E-state index in [0.29, 0.717) is 34.1 Å². The predicted octanol–water partition coefficient (Wildman–Crippen LogP) is 4.24. The van der Waals surface area contributed by atoms with Gasteiger partial charge in [-0.1, -0.05) is 0 Å². The Labute approximate surface area is 239 Å². The van der Waals surface area contributed by atoms with Crippen LogP contribution in [0.25, 0.3) is 0 Å². The van der Waals surface area contributed by atoms with E-state index < -0.39 is 0 Å². The van der Waals surface area contributed by atoms with Crippen molar-refractivity contribution in [1.29, 1.82) is 0 Å². The van der Waals surface area contributed by atoms with E-state index in [-0.39, 0.29) is 24.4 Å².